The SMILES string of the molecule is CC1(C)O[C@@H]2[C@@H](O1)[C@@H](O)[C@@H](Cc1ccccc1)S/C(=C/c1ccccc1)[C@@H]2O. The molecule has 2 heterocycles. The van der Waals surface area contributed by atoms with Crippen LogP contribution in [0.15, 0.2) is 65.6 Å². The van der Waals surface area contributed by atoms with Gasteiger partial charge < -0.3 is 19.7 Å². The van der Waals surface area contributed by atoms with E-state index in [2.05, 4.69) is 12.1 Å². The summed E-state index contributed by atoms with van der Waals surface area (Å²) in [6.45, 7) is 3.64. The number of benzene rings is 2. The minimum atomic E-state index is -0.854. The molecule has 2 aromatic carbocycles. The van der Waals surface area contributed by atoms with Crippen molar-refractivity contribution < 1.29 is 19.7 Å². The highest BCUT2D eigenvalue weighted by molar-refractivity contribution is 8.03. The van der Waals surface area contributed by atoms with Crippen LogP contribution in [0.4, 0.5) is 0 Å². The van der Waals surface area contributed by atoms with Crippen LogP contribution in [0.2, 0.25) is 0 Å². The van der Waals surface area contributed by atoms with E-state index in [9.17, 15) is 10.2 Å². The maximum absolute atomic E-state index is 11.2. The summed E-state index contributed by atoms with van der Waals surface area (Å²) >= 11 is 1.52. The molecule has 2 aliphatic rings. The van der Waals surface area contributed by atoms with Crippen LogP contribution in [0.1, 0.15) is 25.0 Å². The van der Waals surface area contributed by atoms with E-state index in [0.717, 1.165) is 16.0 Å². The highest BCUT2D eigenvalue weighted by Gasteiger charge is 2.52. The molecule has 0 bridgehead atoms. The Morgan fingerprint density at radius 1 is 0.929 bits per heavy atom. The van der Waals surface area contributed by atoms with Crippen molar-refractivity contribution in [3.8, 4) is 0 Å². The molecule has 0 spiro atoms. The molecule has 0 aromatic heterocycles. The zero-order chi connectivity index (χ0) is 19.7. The van der Waals surface area contributed by atoms with Gasteiger partial charge in [-0.3, -0.25) is 0 Å². The van der Waals surface area contributed by atoms with E-state index in [1.165, 1.54) is 11.8 Å². The van der Waals surface area contributed by atoms with Crippen molar-refractivity contribution in [1.29, 1.82) is 0 Å². The second-order valence-corrected chi connectivity index (χ2v) is 9.12. The Bertz CT molecular complexity index is 821. The molecular formula is C23H26O4S. The van der Waals surface area contributed by atoms with Crippen LogP contribution in [-0.4, -0.2) is 45.7 Å². The molecule has 0 radical (unpaired) electrons. The van der Waals surface area contributed by atoms with Gasteiger partial charge in [0, 0.05) is 10.2 Å². The van der Waals surface area contributed by atoms with Crippen LogP contribution in [0.3, 0.4) is 0 Å². The third-order valence-electron chi connectivity index (χ3n) is 5.16. The highest BCUT2D eigenvalue weighted by Crippen LogP contribution is 2.44. The zero-order valence-corrected chi connectivity index (χ0v) is 16.9. The molecule has 4 rings (SSSR count). The number of ether oxygens (including phenoxy) is 2. The summed E-state index contributed by atoms with van der Waals surface area (Å²) in [6, 6.07) is 20.0. The Balaban J connectivity index is 1.69. The first-order valence-electron chi connectivity index (χ1n) is 9.62. The van der Waals surface area contributed by atoms with Crippen LogP contribution in [0.5, 0.6) is 0 Å². The Morgan fingerprint density at radius 2 is 1.54 bits per heavy atom. The molecule has 0 unspecified atom stereocenters. The number of fused-ring (bicyclic) bond motifs is 1. The van der Waals surface area contributed by atoms with E-state index in [-0.39, 0.29) is 5.25 Å². The predicted octanol–water partition coefficient (Wildman–Crippen LogP) is 3.63. The number of aliphatic hydroxyl groups is 2. The fraction of sp³-hybridized carbons (Fsp3) is 0.391. The van der Waals surface area contributed by atoms with Crippen LogP contribution < -0.4 is 0 Å². The van der Waals surface area contributed by atoms with Gasteiger partial charge in [0.15, 0.2) is 5.79 Å². The second-order valence-electron chi connectivity index (χ2n) is 7.80. The van der Waals surface area contributed by atoms with E-state index >= 15 is 0 Å². The summed E-state index contributed by atoms with van der Waals surface area (Å²) in [5, 5.41) is 22.1. The minimum Gasteiger partial charge on any atom is -0.389 e. The molecule has 2 N–H and O–H groups in total. The molecule has 2 aliphatic heterocycles. The fourth-order valence-corrected chi connectivity index (χ4v) is 5.25. The van der Waals surface area contributed by atoms with Gasteiger partial charge in [0.05, 0.1) is 6.10 Å². The summed E-state index contributed by atoms with van der Waals surface area (Å²) in [4.78, 5) is 0.792. The van der Waals surface area contributed by atoms with Gasteiger partial charge in [-0.15, -0.1) is 11.8 Å². The molecule has 4 nitrogen and oxygen atoms in total. The van der Waals surface area contributed by atoms with Gasteiger partial charge in [-0.05, 0) is 37.5 Å². The topological polar surface area (TPSA) is 58.9 Å². The van der Waals surface area contributed by atoms with Crippen LogP contribution >= 0.6 is 11.8 Å². The zero-order valence-electron chi connectivity index (χ0n) is 16.1. The van der Waals surface area contributed by atoms with Gasteiger partial charge in [-0.1, -0.05) is 60.7 Å². The summed E-state index contributed by atoms with van der Waals surface area (Å²) in [6.07, 6.45) is -0.128. The standard InChI is InChI=1S/C23H26O4S/c1-23(2)26-21-19(24)17(13-15-9-5-3-6-10-15)28-18(20(25)22(21)27-23)14-16-11-7-4-8-12-16/h3-13,18-22,24-25H,14H2,1-2H3/b17-13+/t18-,19+,20+,21+,22+/m1/s1. The molecule has 2 saturated heterocycles. The third-order valence-corrected chi connectivity index (χ3v) is 6.54. The second kappa shape index (κ2) is 8.01. The summed E-state index contributed by atoms with van der Waals surface area (Å²) in [5.74, 6) is -0.839. The summed E-state index contributed by atoms with van der Waals surface area (Å²) in [7, 11) is 0. The number of hydrogen-bond acceptors (Lipinski definition) is 5. The monoisotopic (exact) mass is 398 g/mol. The molecule has 148 valence electrons. The highest BCUT2D eigenvalue weighted by atomic mass is 32.2. The lowest BCUT2D eigenvalue weighted by atomic mass is 9.97. The van der Waals surface area contributed by atoms with E-state index in [4.69, 9.17) is 9.47 Å². The van der Waals surface area contributed by atoms with Crippen molar-refractivity contribution >= 4 is 17.8 Å². The lowest BCUT2D eigenvalue weighted by molar-refractivity contribution is -0.159. The van der Waals surface area contributed by atoms with Crippen molar-refractivity contribution in [3.63, 3.8) is 0 Å². The maximum Gasteiger partial charge on any atom is 0.164 e. The maximum atomic E-state index is 11.2. The molecular weight excluding hydrogens is 372 g/mol. The number of aliphatic hydroxyl groups excluding tert-OH is 2. The lowest BCUT2D eigenvalue weighted by Gasteiger charge is -2.26. The van der Waals surface area contributed by atoms with Crippen molar-refractivity contribution in [2.24, 2.45) is 0 Å². The van der Waals surface area contributed by atoms with Crippen molar-refractivity contribution in [3.05, 3.63) is 76.7 Å². The molecule has 0 amide bonds. The molecule has 2 fully saturated rings. The van der Waals surface area contributed by atoms with Gasteiger partial charge in [-0.2, -0.15) is 0 Å². The lowest BCUT2D eigenvalue weighted by Crippen LogP contribution is -2.44. The Labute approximate surface area is 170 Å². The molecule has 0 aliphatic carbocycles. The van der Waals surface area contributed by atoms with Crippen LogP contribution in [0.25, 0.3) is 6.08 Å². The number of rotatable bonds is 3. The Morgan fingerprint density at radius 3 is 2.21 bits per heavy atom. The first-order chi connectivity index (χ1) is 13.4. The molecule has 0 saturated carbocycles. The normalized spacial score (nSPS) is 33.4. The van der Waals surface area contributed by atoms with Gasteiger partial charge in [0.2, 0.25) is 0 Å². The molecule has 28 heavy (non-hydrogen) atoms. The first-order valence-corrected chi connectivity index (χ1v) is 10.5. The van der Waals surface area contributed by atoms with Gasteiger partial charge in [0.25, 0.3) is 0 Å². The van der Waals surface area contributed by atoms with Crippen molar-refractivity contribution in [2.75, 3.05) is 0 Å². The largest absolute Gasteiger partial charge is 0.389 e. The fourth-order valence-electron chi connectivity index (χ4n) is 3.85. The molecule has 5 heteroatoms. The van der Waals surface area contributed by atoms with Gasteiger partial charge >= 0.3 is 0 Å². The van der Waals surface area contributed by atoms with Gasteiger partial charge in [0.1, 0.15) is 18.3 Å². The van der Waals surface area contributed by atoms with E-state index < -0.39 is 30.2 Å². The average Bonchev–Trinajstić information content (AvgIpc) is 2.99. The minimum absolute atomic E-state index is 0.153. The number of hydrogen-bond donors (Lipinski definition) is 2. The summed E-state index contributed by atoms with van der Waals surface area (Å²) < 4.78 is 12.0. The third kappa shape index (κ3) is 4.19. The molecule has 5 atom stereocenters. The van der Waals surface area contributed by atoms with E-state index in [1.807, 2.05) is 68.5 Å². The van der Waals surface area contributed by atoms with Crippen LogP contribution in [0, 0.1) is 0 Å². The van der Waals surface area contributed by atoms with Crippen molar-refractivity contribution in [2.45, 2.75) is 55.7 Å². The average molecular weight is 399 g/mol. The predicted molar refractivity (Wildman–Crippen MR) is 112 cm³/mol. The Kier molecular flexibility index (Phi) is 5.63. The van der Waals surface area contributed by atoms with E-state index in [0.29, 0.717) is 6.42 Å². The Hall–Kier alpha value is -1.63. The van der Waals surface area contributed by atoms with Gasteiger partial charge in [-0.25, -0.2) is 0 Å². The summed E-state index contributed by atoms with van der Waals surface area (Å²) in [5.41, 5.74) is 2.15. The number of thioether (sulfide) groups is 1. The van der Waals surface area contributed by atoms with Crippen molar-refractivity contribution in [1.82, 2.24) is 0 Å². The van der Waals surface area contributed by atoms with E-state index in [1.54, 1.807) is 0 Å². The molecule has 2 aromatic rings. The quantitative estimate of drug-likeness (QED) is 0.827. The smallest absolute Gasteiger partial charge is 0.164 e. The first kappa shape index (κ1) is 19.7. The van der Waals surface area contributed by atoms with Crippen LogP contribution in [-0.2, 0) is 15.9 Å².